The lowest BCUT2D eigenvalue weighted by atomic mass is 9.94. The molecule has 0 saturated carbocycles. The molecule has 0 bridgehead atoms. The third kappa shape index (κ3) is 5.52. The number of aliphatic carboxylic acids is 1. The summed E-state index contributed by atoms with van der Waals surface area (Å²) in [6.45, 7) is 3.76. The molecular formula is C14H20N2O3. The van der Waals surface area contributed by atoms with E-state index in [-0.39, 0.29) is 6.42 Å². The van der Waals surface area contributed by atoms with E-state index in [1.165, 1.54) is 0 Å². The Balaban J connectivity index is 2.59. The summed E-state index contributed by atoms with van der Waals surface area (Å²) >= 11 is 0. The van der Waals surface area contributed by atoms with Crippen LogP contribution in [-0.2, 0) is 16.0 Å². The average Bonchev–Trinajstić information content (AvgIpc) is 2.27. The zero-order valence-corrected chi connectivity index (χ0v) is 11.2. The van der Waals surface area contributed by atoms with Gasteiger partial charge in [0.1, 0.15) is 0 Å². The molecule has 5 heteroatoms. The Morgan fingerprint density at radius 3 is 2.42 bits per heavy atom. The van der Waals surface area contributed by atoms with E-state index in [9.17, 15) is 9.59 Å². The molecule has 1 atom stereocenters. The molecule has 4 N–H and O–H groups in total. The van der Waals surface area contributed by atoms with Gasteiger partial charge in [0.05, 0.1) is 12.5 Å². The number of carboxylic acids is 1. The maximum absolute atomic E-state index is 11.8. The van der Waals surface area contributed by atoms with E-state index in [4.69, 9.17) is 10.8 Å². The van der Waals surface area contributed by atoms with Crippen LogP contribution in [-0.4, -0.2) is 28.6 Å². The summed E-state index contributed by atoms with van der Waals surface area (Å²) in [4.78, 5) is 22.3. The van der Waals surface area contributed by atoms with Crippen LogP contribution in [0.5, 0.6) is 0 Å². The van der Waals surface area contributed by atoms with Gasteiger partial charge in [0.15, 0.2) is 0 Å². The molecule has 0 fully saturated rings. The Kier molecular flexibility index (Phi) is 5.06. The summed E-state index contributed by atoms with van der Waals surface area (Å²) in [6, 6.07) is 8.73. The second kappa shape index (κ2) is 6.33. The van der Waals surface area contributed by atoms with Gasteiger partial charge >= 0.3 is 5.97 Å². The summed E-state index contributed by atoms with van der Waals surface area (Å²) in [7, 11) is 0. The number of hydrogen-bond donors (Lipinski definition) is 3. The van der Waals surface area contributed by atoms with Gasteiger partial charge in [0.2, 0.25) is 5.91 Å². The van der Waals surface area contributed by atoms with Gasteiger partial charge in [-0.15, -0.1) is 0 Å². The number of carboxylic acid groups (broad SMARTS) is 1. The second-order valence-corrected chi connectivity index (χ2v) is 5.24. The number of benzene rings is 1. The van der Waals surface area contributed by atoms with Gasteiger partial charge in [0.25, 0.3) is 0 Å². The first-order valence-electron chi connectivity index (χ1n) is 6.13. The fraction of sp³-hybridized carbons (Fsp3) is 0.429. The minimum Gasteiger partial charge on any atom is -0.481 e. The Hall–Kier alpha value is -1.88. The van der Waals surface area contributed by atoms with E-state index < -0.39 is 23.5 Å². The summed E-state index contributed by atoms with van der Waals surface area (Å²) in [5, 5.41) is 11.4. The molecule has 0 heterocycles. The maximum Gasteiger partial charge on any atom is 0.305 e. The Morgan fingerprint density at radius 1 is 1.32 bits per heavy atom. The number of carbonyl (C=O) groups is 2. The highest BCUT2D eigenvalue weighted by atomic mass is 16.4. The number of amides is 1. The molecule has 5 nitrogen and oxygen atoms in total. The molecular weight excluding hydrogens is 244 g/mol. The van der Waals surface area contributed by atoms with Crippen molar-refractivity contribution >= 4 is 11.9 Å². The molecule has 1 aromatic rings. The molecule has 19 heavy (non-hydrogen) atoms. The van der Waals surface area contributed by atoms with Crippen molar-refractivity contribution in [2.45, 2.75) is 38.3 Å². The summed E-state index contributed by atoms with van der Waals surface area (Å²) < 4.78 is 0. The normalized spacial score (nSPS) is 12.8. The molecule has 0 saturated heterocycles. The molecule has 1 rings (SSSR count). The predicted octanol–water partition coefficient (Wildman–Crippen LogP) is 0.926. The van der Waals surface area contributed by atoms with Crippen LogP contribution < -0.4 is 11.1 Å². The molecule has 1 aromatic carbocycles. The zero-order chi connectivity index (χ0) is 14.5. The average molecular weight is 264 g/mol. The van der Waals surface area contributed by atoms with Gasteiger partial charge in [0, 0.05) is 5.54 Å². The zero-order valence-electron chi connectivity index (χ0n) is 11.2. The van der Waals surface area contributed by atoms with Crippen LogP contribution >= 0.6 is 0 Å². The molecule has 0 spiro atoms. The second-order valence-electron chi connectivity index (χ2n) is 5.24. The van der Waals surface area contributed by atoms with Gasteiger partial charge in [-0.2, -0.15) is 0 Å². The lowest BCUT2D eigenvalue weighted by Gasteiger charge is -2.27. The molecule has 1 amide bonds. The van der Waals surface area contributed by atoms with Gasteiger partial charge in [-0.1, -0.05) is 30.3 Å². The minimum absolute atomic E-state index is 0.368. The quantitative estimate of drug-likeness (QED) is 0.712. The fourth-order valence-corrected chi connectivity index (χ4v) is 1.86. The summed E-state index contributed by atoms with van der Waals surface area (Å²) in [5.74, 6) is -1.52. The first kappa shape index (κ1) is 15.2. The molecule has 0 unspecified atom stereocenters. The van der Waals surface area contributed by atoms with Crippen LogP contribution in [0.15, 0.2) is 30.3 Å². The monoisotopic (exact) mass is 264 g/mol. The smallest absolute Gasteiger partial charge is 0.305 e. The van der Waals surface area contributed by atoms with Crippen LogP contribution in [0, 0.1) is 0 Å². The standard InChI is InChI=1S/C14H20N2O3/c1-14(2,9-10-6-4-3-5-7-10)16-13(19)11(15)8-12(17)18/h3-7,11H,8-9,15H2,1-2H3,(H,16,19)(H,17,18)/t11-/m0/s1. The number of carbonyl (C=O) groups excluding carboxylic acids is 1. The van der Waals surface area contributed by atoms with Crippen molar-refractivity contribution in [1.82, 2.24) is 5.32 Å². The van der Waals surface area contributed by atoms with Crippen molar-refractivity contribution in [3.05, 3.63) is 35.9 Å². The first-order chi connectivity index (χ1) is 8.80. The van der Waals surface area contributed by atoms with Crippen molar-refractivity contribution in [2.24, 2.45) is 5.73 Å². The SMILES string of the molecule is CC(C)(Cc1ccccc1)NC(=O)[C@@H](N)CC(=O)O. The van der Waals surface area contributed by atoms with E-state index in [1.807, 2.05) is 44.2 Å². The van der Waals surface area contributed by atoms with Crippen LogP contribution in [0.2, 0.25) is 0 Å². The summed E-state index contributed by atoms with van der Waals surface area (Å²) in [5.41, 5.74) is 6.15. The van der Waals surface area contributed by atoms with Crippen molar-refractivity contribution in [3.63, 3.8) is 0 Å². The minimum atomic E-state index is -1.08. The van der Waals surface area contributed by atoms with Gasteiger partial charge < -0.3 is 16.2 Å². The van der Waals surface area contributed by atoms with Crippen LogP contribution in [0.3, 0.4) is 0 Å². The third-order valence-corrected chi connectivity index (χ3v) is 2.68. The van der Waals surface area contributed by atoms with Crippen LogP contribution in [0.1, 0.15) is 25.8 Å². The van der Waals surface area contributed by atoms with Gasteiger partial charge in [-0.3, -0.25) is 9.59 Å². The molecule has 0 aliphatic heterocycles. The lowest BCUT2D eigenvalue weighted by molar-refractivity contribution is -0.139. The number of nitrogens with one attached hydrogen (secondary N) is 1. The third-order valence-electron chi connectivity index (χ3n) is 2.68. The fourth-order valence-electron chi connectivity index (χ4n) is 1.86. The van der Waals surface area contributed by atoms with Crippen LogP contribution in [0.4, 0.5) is 0 Å². The van der Waals surface area contributed by atoms with E-state index in [1.54, 1.807) is 0 Å². The molecule has 104 valence electrons. The van der Waals surface area contributed by atoms with E-state index >= 15 is 0 Å². The number of hydrogen-bond acceptors (Lipinski definition) is 3. The van der Waals surface area contributed by atoms with Gasteiger partial charge in [-0.05, 0) is 25.8 Å². The molecule has 0 aromatic heterocycles. The largest absolute Gasteiger partial charge is 0.481 e. The Bertz CT molecular complexity index is 443. The predicted molar refractivity (Wildman–Crippen MR) is 72.6 cm³/mol. The summed E-state index contributed by atoms with van der Waals surface area (Å²) in [6.07, 6.45) is 0.284. The first-order valence-corrected chi connectivity index (χ1v) is 6.13. The van der Waals surface area contributed by atoms with E-state index in [2.05, 4.69) is 5.32 Å². The molecule has 0 aliphatic carbocycles. The highest BCUT2D eigenvalue weighted by Gasteiger charge is 2.25. The van der Waals surface area contributed by atoms with Crippen molar-refractivity contribution in [1.29, 1.82) is 0 Å². The lowest BCUT2D eigenvalue weighted by Crippen LogP contribution is -2.52. The number of nitrogens with two attached hydrogens (primary N) is 1. The Labute approximate surface area is 112 Å². The van der Waals surface area contributed by atoms with Crippen molar-refractivity contribution in [2.75, 3.05) is 0 Å². The van der Waals surface area contributed by atoms with E-state index in [0.29, 0.717) is 6.42 Å². The van der Waals surface area contributed by atoms with Crippen LogP contribution in [0.25, 0.3) is 0 Å². The Morgan fingerprint density at radius 2 is 1.89 bits per heavy atom. The maximum atomic E-state index is 11.8. The number of rotatable bonds is 6. The van der Waals surface area contributed by atoms with Crippen molar-refractivity contribution < 1.29 is 14.7 Å². The molecule has 0 radical (unpaired) electrons. The highest BCUT2D eigenvalue weighted by Crippen LogP contribution is 2.12. The van der Waals surface area contributed by atoms with Crippen molar-refractivity contribution in [3.8, 4) is 0 Å². The molecule has 0 aliphatic rings. The van der Waals surface area contributed by atoms with Gasteiger partial charge in [-0.25, -0.2) is 0 Å². The highest BCUT2D eigenvalue weighted by molar-refractivity contribution is 5.86. The van der Waals surface area contributed by atoms with E-state index in [0.717, 1.165) is 5.56 Å². The topological polar surface area (TPSA) is 92.4 Å².